The highest BCUT2D eigenvalue weighted by Crippen LogP contribution is 2.33. The van der Waals surface area contributed by atoms with Crippen LogP contribution in [0.3, 0.4) is 0 Å². The Kier molecular flexibility index (Phi) is 5.98. The third kappa shape index (κ3) is 4.56. The van der Waals surface area contributed by atoms with Crippen molar-refractivity contribution in [3.63, 3.8) is 0 Å². The number of fused-ring (bicyclic) bond motifs is 1. The monoisotopic (exact) mass is 508 g/mol. The van der Waals surface area contributed by atoms with Crippen LogP contribution in [0.1, 0.15) is 12.5 Å². The normalized spacial score (nSPS) is 13.8. The fraction of sp³-hybridized carbons (Fsp3) is 0.0800. The number of nitrogens with zero attached hydrogens (tertiary/aromatic N) is 3. The van der Waals surface area contributed by atoms with Crippen LogP contribution in [0, 0.1) is 11.6 Å². The maximum atomic E-state index is 14.4. The number of carbonyl (C=O) groups is 1. The molecule has 3 aromatic carbocycles. The van der Waals surface area contributed by atoms with Gasteiger partial charge in [0.1, 0.15) is 28.8 Å². The van der Waals surface area contributed by atoms with Crippen molar-refractivity contribution in [2.24, 2.45) is 10.1 Å². The highest BCUT2D eigenvalue weighted by molar-refractivity contribution is 7.07. The summed E-state index contributed by atoms with van der Waals surface area (Å²) in [7, 11) is 0. The number of thiazole rings is 1. The zero-order valence-corrected chi connectivity index (χ0v) is 19.5. The third-order valence-corrected chi connectivity index (χ3v) is 6.16. The Bertz CT molecular complexity index is 1610. The molecule has 2 heterocycles. The predicted octanol–water partition coefficient (Wildman–Crippen LogP) is 4.74. The molecule has 0 spiro atoms. The number of carbonyl (C=O) groups excluding carboxylic acids is 1. The number of phenolic OH excluding ortho intramolecular Hbond substituents is 2. The van der Waals surface area contributed by atoms with E-state index in [1.165, 1.54) is 40.3 Å². The van der Waals surface area contributed by atoms with Gasteiger partial charge in [0, 0.05) is 28.6 Å². The van der Waals surface area contributed by atoms with Crippen LogP contribution in [0.2, 0.25) is 0 Å². The van der Waals surface area contributed by atoms with E-state index in [1.54, 1.807) is 30.5 Å². The molecule has 0 radical (unpaired) electrons. The van der Waals surface area contributed by atoms with Gasteiger partial charge in [-0.1, -0.05) is 0 Å². The van der Waals surface area contributed by atoms with E-state index in [0.717, 1.165) is 12.1 Å². The SMILES string of the molecule is CC(=Nn1c(-c2ccc3c(c2)NC(=O)CO3)csc1=Nc1ccc(F)cc1F)c1ccc(O)cc1O. The van der Waals surface area contributed by atoms with Gasteiger partial charge >= 0.3 is 0 Å². The summed E-state index contributed by atoms with van der Waals surface area (Å²) in [5.74, 6) is -1.59. The fourth-order valence-electron chi connectivity index (χ4n) is 3.62. The number of aromatic nitrogens is 1. The Morgan fingerprint density at radius 2 is 1.94 bits per heavy atom. The van der Waals surface area contributed by atoms with Gasteiger partial charge in [0.2, 0.25) is 4.80 Å². The molecule has 1 aliphatic heterocycles. The summed E-state index contributed by atoms with van der Waals surface area (Å²) in [6.45, 7) is 1.58. The van der Waals surface area contributed by atoms with Gasteiger partial charge in [-0.15, -0.1) is 11.3 Å². The van der Waals surface area contributed by atoms with Crippen molar-refractivity contribution in [1.29, 1.82) is 0 Å². The minimum absolute atomic E-state index is 0.0727. The third-order valence-electron chi connectivity index (χ3n) is 5.34. The maximum absolute atomic E-state index is 14.4. The van der Waals surface area contributed by atoms with Crippen molar-refractivity contribution in [2.75, 3.05) is 11.9 Å². The van der Waals surface area contributed by atoms with Gasteiger partial charge in [-0.2, -0.15) is 5.10 Å². The molecule has 1 aromatic heterocycles. The highest BCUT2D eigenvalue weighted by Gasteiger charge is 2.18. The number of hydrogen-bond acceptors (Lipinski definition) is 7. The molecule has 0 atom stereocenters. The number of ether oxygens (including phenoxy) is 1. The smallest absolute Gasteiger partial charge is 0.262 e. The topological polar surface area (TPSA) is 108 Å². The Morgan fingerprint density at radius 1 is 1.11 bits per heavy atom. The van der Waals surface area contributed by atoms with Crippen LogP contribution in [0.4, 0.5) is 20.2 Å². The highest BCUT2D eigenvalue weighted by atomic mass is 32.1. The summed E-state index contributed by atoms with van der Waals surface area (Å²) in [5, 5.41) is 29.0. The van der Waals surface area contributed by atoms with Crippen molar-refractivity contribution in [3.05, 3.63) is 82.0 Å². The largest absolute Gasteiger partial charge is 0.508 e. The number of rotatable bonds is 4. The van der Waals surface area contributed by atoms with Crippen molar-refractivity contribution in [2.45, 2.75) is 6.92 Å². The van der Waals surface area contributed by atoms with Crippen LogP contribution in [-0.2, 0) is 4.79 Å². The lowest BCUT2D eigenvalue weighted by Gasteiger charge is -2.18. The standard InChI is InChI=1S/C25H18F2N4O4S/c1-13(17-5-4-16(32)10-22(17)33)30-31-21(14-2-7-23-20(8-14)28-24(34)11-35-23)12-36-25(31)29-19-6-3-15(26)9-18(19)27/h2-10,12,32-33H,11H2,1H3,(H,28,34). The quantitative estimate of drug-likeness (QED) is 0.346. The summed E-state index contributed by atoms with van der Waals surface area (Å²) in [5.41, 5.74) is 2.36. The van der Waals surface area contributed by atoms with Gasteiger partial charge in [-0.3, -0.25) is 4.79 Å². The lowest BCUT2D eigenvalue weighted by molar-refractivity contribution is -0.118. The van der Waals surface area contributed by atoms with Crippen molar-refractivity contribution in [1.82, 2.24) is 4.68 Å². The zero-order valence-electron chi connectivity index (χ0n) is 18.7. The molecular weight excluding hydrogens is 490 g/mol. The second-order valence-corrected chi connectivity index (χ2v) is 8.69. The molecule has 1 amide bonds. The molecule has 0 unspecified atom stereocenters. The molecule has 182 valence electrons. The number of phenols is 2. The first kappa shape index (κ1) is 23.2. The molecular formula is C25H18F2N4O4S. The van der Waals surface area contributed by atoms with Gasteiger partial charge in [-0.25, -0.2) is 18.4 Å². The van der Waals surface area contributed by atoms with E-state index in [1.807, 2.05) is 0 Å². The minimum Gasteiger partial charge on any atom is -0.508 e. The molecule has 36 heavy (non-hydrogen) atoms. The van der Waals surface area contributed by atoms with Gasteiger partial charge in [0.05, 0.1) is 17.1 Å². The first-order valence-electron chi connectivity index (χ1n) is 10.6. The predicted molar refractivity (Wildman–Crippen MR) is 131 cm³/mol. The molecule has 0 aliphatic carbocycles. The lowest BCUT2D eigenvalue weighted by atomic mass is 10.1. The van der Waals surface area contributed by atoms with E-state index in [4.69, 9.17) is 4.74 Å². The maximum Gasteiger partial charge on any atom is 0.262 e. The van der Waals surface area contributed by atoms with Crippen molar-refractivity contribution < 1.29 is 28.5 Å². The van der Waals surface area contributed by atoms with E-state index >= 15 is 0 Å². The van der Waals surface area contributed by atoms with Crippen LogP contribution in [0.15, 0.2) is 70.1 Å². The van der Waals surface area contributed by atoms with Crippen LogP contribution in [0.5, 0.6) is 17.2 Å². The van der Waals surface area contributed by atoms with E-state index in [-0.39, 0.29) is 34.5 Å². The number of benzene rings is 3. The molecule has 0 saturated heterocycles. The summed E-state index contributed by atoms with van der Waals surface area (Å²) in [6, 6.07) is 12.4. The second-order valence-electron chi connectivity index (χ2n) is 7.86. The summed E-state index contributed by atoms with van der Waals surface area (Å²) in [4.78, 5) is 16.4. The lowest BCUT2D eigenvalue weighted by Crippen LogP contribution is -2.25. The molecule has 0 bridgehead atoms. The molecule has 1 aliphatic rings. The molecule has 11 heteroatoms. The Labute approximate surface area is 207 Å². The summed E-state index contributed by atoms with van der Waals surface area (Å²) >= 11 is 1.17. The zero-order chi connectivity index (χ0) is 25.4. The fourth-order valence-corrected chi connectivity index (χ4v) is 4.46. The minimum atomic E-state index is -0.831. The molecule has 4 aromatic rings. The van der Waals surface area contributed by atoms with Crippen LogP contribution < -0.4 is 14.9 Å². The van der Waals surface area contributed by atoms with Gasteiger partial charge < -0.3 is 20.3 Å². The van der Waals surface area contributed by atoms with Gasteiger partial charge in [0.25, 0.3) is 5.91 Å². The summed E-state index contributed by atoms with van der Waals surface area (Å²) in [6.07, 6.45) is 0. The number of halogens is 2. The molecule has 5 rings (SSSR count). The molecule has 8 nitrogen and oxygen atoms in total. The van der Waals surface area contributed by atoms with Crippen molar-refractivity contribution >= 4 is 34.3 Å². The number of hydrogen-bond donors (Lipinski definition) is 3. The Balaban J connectivity index is 1.69. The van der Waals surface area contributed by atoms with Gasteiger partial charge in [0.15, 0.2) is 12.4 Å². The van der Waals surface area contributed by atoms with Crippen LogP contribution in [-0.4, -0.2) is 33.1 Å². The average Bonchev–Trinajstić information content (AvgIpc) is 3.22. The molecule has 3 N–H and O–H groups in total. The number of aromatic hydroxyl groups is 2. The second kappa shape index (κ2) is 9.27. The molecule has 0 fully saturated rings. The van der Waals surface area contributed by atoms with Crippen molar-refractivity contribution in [3.8, 4) is 28.5 Å². The first-order valence-corrected chi connectivity index (χ1v) is 11.5. The van der Waals surface area contributed by atoms with Crippen LogP contribution >= 0.6 is 11.3 Å². The average molecular weight is 509 g/mol. The van der Waals surface area contributed by atoms with E-state index in [0.29, 0.717) is 34.0 Å². The number of anilines is 1. The number of amides is 1. The summed E-state index contributed by atoms with van der Waals surface area (Å²) < 4.78 is 34.6. The van der Waals surface area contributed by atoms with Crippen LogP contribution in [0.25, 0.3) is 11.3 Å². The Morgan fingerprint density at radius 3 is 2.72 bits per heavy atom. The molecule has 0 saturated carbocycles. The Hall–Kier alpha value is -4.51. The number of nitrogens with one attached hydrogen (secondary N) is 1. The van der Waals surface area contributed by atoms with E-state index in [9.17, 15) is 23.8 Å². The van der Waals surface area contributed by atoms with E-state index < -0.39 is 11.6 Å². The van der Waals surface area contributed by atoms with E-state index in [2.05, 4.69) is 15.4 Å². The van der Waals surface area contributed by atoms with Gasteiger partial charge in [-0.05, 0) is 49.4 Å². The first-order chi connectivity index (χ1) is 17.3.